The summed E-state index contributed by atoms with van der Waals surface area (Å²) >= 11 is 0. The lowest BCUT2D eigenvalue weighted by Gasteiger charge is -2.09. The molecule has 1 atom stereocenters. The number of benzene rings is 2. The normalized spacial score (nSPS) is 12.6. The minimum atomic E-state index is 0.177. The van der Waals surface area contributed by atoms with Gasteiger partial charge < -0.3 is 4.74 Å². The van der Waals surface area contributed by atoms with Crippen molar-refractivity contribution in [2.45, 2.75) is 12.8 Å². The lowest BCUT2D eigenvalue weighted by atomic mass is 9.96. The van der Waals surface area contributed by atoms with E-state index in [-0.39, 0.29) is 5.92 Å². The van der Waals surface area contributed by atoms with Crippen LogP contribution < -0.4 is 4.74 Å². The van der Waals surface area contributed by atoms with Crippen molar-refractivity contribution >= 4 is 5.57 Å². The molecule has 0 N–H and O–H groups in total. The number of methoxy groups -OCH3 is 1. The summed E-state index contributed by atoms with van der Waals surface area (Å²) in [5.41, 5.74) is 2.82. The van der Waals surface area contributed by atoms with Gasteiger partial charge in [-0.25, -0.2) is 0 Å². The molecule has 0 aromatic heterocycles. The predicted molar refractivity (Wildman–Crippen MR) is 81.4 cm³/mol. The minimum absolute atomic E-state index is 0.177. The zero-order chi connectivity index (χ0) is 14.4. The van der Waals surface area contributed by atoms with E-state index in [0.29, 0.717) is 5.57 Å². The first-order valence-corrected chi connectivity index (χ1v) is 6.56. The van der Waals surface area contributed by atoms with Crippen LogP contribution in [-0.2, 0) is 0 Å². The molecule has 0 fully saturated rings. The maximum absolute atomic E-state index is 9.32. The Kier molecular flexibility index (Phi) is 4.57. The lowest BCUT2D eigenvalue weighted by molar-refractivity contribution is 0.414. The fourth-order valence-electron chi connectivity index (χ4n) is 2.07. The topological polar surface area (TPSA) is 33.0 Å². The maximum atomic E-state index is 9.32. The summed E-state index contributed by atoms with van der Waals surface area (Å²) in [5.74, 6) is 1.02. The van der Waals surface area contributed by atoms with Gasteiger partial charge in [-0.15, -0.1) is 0 Å². The molecular weight excluding hydrogens is 246 g/mol. The van der Waals surface area contributed by atoms with Crippen molar-refractivity contribution in [3.63, 3.8) is 0 Å². The second-order valence-corrected chi connectivity index (χ2v) is 4.62. The molecule has 0 bridgehead atoms. The Morgan fingerprint density at radius 3 is 2.30 bits per heavy atom. The number of ether oxygens (including phenoxy) is 1. The molecule has 0 aliphatic heterocycles. The Morgan fingerprint density at radius 2 is 1.75 bits per heavy atom. The van der Waals surface area contributed by atoms with E-state index in [4.69, 9.17) is 4.74 Å². The van der Waals surface area contributed by atoms with E-state index in [2.05, 4.69) is 13.0 Å². The van der Waals surface area contributed by atoms with Crippen molar-refractivity contribution in [1.82, 2.24) is 0 Å². The summed E-state index contributed by atoms with van der Waals surface area (Å²) < 4.78 is 5.15. The molecule has 0 radical (unpaired) electrons. The van der Waals surface area contributed by atoms with Gasteiger partial charge >= 0.3 is 0 Å². The lowest BCUT2D eigenvalue weighted by Crippen LogP contribution is -1.92. The van der Waals surface area contributed by atoms with Crippen LogP contribution in [0.15, 0.2) is 60.7 Å². The summed E-state index contributed by atoms with van der Waals surface area (Å²) in [7, 11) is 1.65. The van der Waals surface area contributed by atoms with Gasteiger partial charge in [0, 0.05) is 5.92 Å². The molecule has 2 nitrogen and oxygen atoms in total. The second-order valence-electron chi connectivity index (χ2n) is 4.62. The standard InChI is InChI=1S/C18H17NO/c1-14(15-8-10-18(20-2)11-9-15)12-17(13-19)16-6-4-3-5-7-16/h3-12,14H,1-2H3/b17-12+. The van der Waals surface area contributed by atoms with Crippen molar-refractivity contribution in [2.75, 3.05) is 7.11 Å². The van der Waals surface area contributed by atoms with E-state index >= 15 is 0 Å². The quantitative estimate of drug-likeness (QED) is 0.766. The number of allylic oxidation sites excluding steroid dienone is 2. The zero-order valence-corrected chi connectivity index (χ0v) is 11.7. The van der Waals surface area contributed by atoms with Crippen LogP contribution in [0, 0.1) is 11.3 Å². The Balaban J connectivity index is 2.25. The first kappa shape index (κ1) is 13.9. The predicted octanol–water partition coefficient (Wildman–Crippen LogP) is 4.41. The van der Waals surface area contributed by atoms with Crippen molar-refractivity contribution < 1.29 is 4.74 Å². The summed E-state index contributed by atoms with van der Waals surface area (Å²) in [6.45, 7) is 2.09. The van der Waals surface area contributed by atoms with Gasteiger partial charge in [-0.2, -0.15) is 5.26 Å². The van der Waals surface area contributed by atoms with Gasteiger partial charge in [-0.05, 0) is 23.3 Å². The Bertz CT molecular complexity index is 621. The highest BCUT2D eigenvalue weighted by Gasteiger charge is 2.06. The van der Waals surface area contributed by atoms with Crippen LogP contribution in [0.3, 0.4) is 0 Å². The number of hydrogen-bond donors (Lipinski definition) is 0. The molecule has 0 heterocycles. The van der Waals surface area contributed by atoms with Gasteiger partial charge in [0.15, 0.2) is 0 Å². The third kappa shape index (κ3) is 3.27. The smallest absolute Gasteiger partial charge is 0.118 e. The highest BCUT2D eigenvalue weighted by atomic mass is 16.5. The van der Waals surface area contributed by atoms with Gasteiger partial charge in [0.2, 0.25) is 0 Å². The van der Waals surface area contributed by atoms with Crippen LogP contribution in [0.4, 0.5) is 0 Å². The average Bonchev–Trinajstić information content (AvgIpc) is 2.53. The molecule has 1 unspecified atom stereocenters. The molecule has 0 aliphatic rings. The van der Waals surface area contributed by atoms with E-state index in [1.807, 2.05) is 60.7 Å². The second kappa shape index (κ2) is 6.58. The molecule has 0 aliphatic carbocycles. The highest BCUT2D eigenvalue weighted by molar-refractivity contribution is 5.77. The summed E-state index contributed by atoms with van der Waals surface area (Å²) in [6, 6.07) is 20.0. The largest absolute Gasteiger partial charge is 0.497 e. The molecule has 2 aromatic carbocycles. The fraction of sp³-hybridized carbons (Fsp3) is 0.167. The SMILES string of the molecule is COc1ccc(C(C)/C=C(\C#N)c2ccccc2)cc1. The van der Waals surface area contributed by atoms with Crippen molar-refractivity contribution in [3.05, 3.63) is 71.8 Å². The van der Waals surface area contributed by atoms with Crippen LogP contribution in [0.1, 0.15) is 24.0 Å². The molecule has 2 aromatic rings. The Morgan fingerprint density at radius 1 is 1.10 bits per heavy atom. The maximum Gasteiger partial charge on any atom is 0.118 e. The molecule has 20 heavy (non-hydrogen) atoms. The van der Waals surface area contributed by atoms with E-state index in [0.717, 1.165) is 16.9 Å². The van der Waals surface area contributed by atoms with E-state index in [1.54, 1.807) is 7.11 Å². The first-order valence-electron chi connectivity index (χ1n) is 6.56. The summed E-state index contributed by atoms with van der Waals surface area (Å²) in [4.78, 5) is 0. The van der Waals surface area contributed by atoms with Gasteiger partial charge in [-0.3, -0.25) is 0 Å². The third-order valence-electron chi connectivity index (χ3n) is 3.26. The van der Waals surface area contributed by atoms with Crippen LogP contribution in [0.5, 0.6) is 5.75 Å². The van der Waals surface area contributed by atoms with Crippen LogP contribution in [0.2, 0.25) is 0 Å². The van der Waals surface area contributed by atoms with Gasteiger partial charge in [-0.1, -0.05) is 55.5 Å². The van der Waals surface area contributed by atoms with Crippen molar-refractivity contribution in [2.24, 2.45) is 0 Å². The van der Waals surface area contributed by atoms with Gasteiger partial charge in [0.05, 0.1) is 18.8 Å². The van der Waals surface area contributed by atoms with E-state index in [9.17, 15) is 5.26 Å². The average molecular weight is 263 g/mol. The Hall–Kier alpha value is -2.53. The van der Waals surface area contributed by atoms with Crippen LogP contribution in [-0.4, -0.2) is 7.11 Å². The van der Waals surface area contributed by atoms with Gasteiger partial charge in [0.25, 0.3) is 0 Å². The minimum Gasteiger partial charge on any atom is -0.497 e. The fourth-order valence-corrected chi connectivity index (χ4v) is 2.07. The van der Waals surface area contributed by atoms with Crippen molar-refractivity contribution in [3.8, 4) is 11.8 Å². The molecule has 0 spiro atoms. The molecule has 100 valence electrons. The first-order chi connectivity index (χ1) is 9.74. The molecule has 2 rings (SSSR count). The summed E-state index contributed by atoms with van der Waals surface area (Å²) in [6.07, 6.45) is 2.00. The molecule has 0 saturated heterocycles. The number of rotatable bonds is 4. The van der Waals surface area contributed by atoms with Gasteiger partial charge in [0.1, 0.15) is 5.75 Å². The van der Waals surface area contributed by atoms with Crippen LogP contribution in [0.25, 0.3) is 5.57 Å². The van der Waals surface area contributed by atoms with Crippen LogP contribution >= 0.6 is 0 Å². The highest BCUT2D eigenvalue weighted by Crippen LogP contribution is 2.24. The molecule has 0 amide bonds. The van der Waals surface area contributed by atoms with E-state index in [1.165, 1.54) is 0 Å². The summed E-state index contributed by atoms with van der Waals surface area (Å²) in [5, 5.41) is 9.32. The van der Waals surface area contributed by atoms with E-state index < -0.39 is 0 Å². The number of nitriles is 1. The molecule has 2 heteroatoms. The molecule has 0 saturated carbocycles. The number of nitrogens with zero attached hydrogens (tertiary/aromatic N) is 1. The third-order valence-corrected chi connectivity index (χ3v) is 3.26. The monoisotopic (exact) mass is 263 g/mol. The number of hydrogen-bond acceptors (Lipinski definition) is 2. The van der Waals surface area contributed by atoms with Crippen molar-refractivity contribution in [1.29, 1.82) is 5.26 Å². The molecular formula is C18H17NO. The Labute approximate surface area is 119 Å². The zero-order valence-electron chi connectivity index (χ0n) is 11.7.